The molecule has 0 aliphatic rings. The van der Waals surface area contributed by atoms with Crippen LogP contribution in [0.15, 0.2) is 12.3 Å². The molecule has 2 rings (SSSR count). The topological polar surface area (TPSA) is 77.0 Å². The number of imidazole rings is 1. The molecule has 0 radical (unpaired) electrons. The molecule has 0 fully saturated rings. The second-order valence-electron chi connectivity index (χ2n) is 3.95. The van der Waals surface area contributed by atoms with Crippen LogP contribution in [0, 0.1) is 6.92 Å². The Labute approximate surface area is 93.9 Å². The molecule has 5 nitrogen and oxygen atoms in total. The molecular formula is C11H16N4O. The van der Waals surface area contributed by atoms with E-state index in [2.05, 4.69) is 9.97 Å². The number of rotatable bonds is 3. The maximum Gasteiger partial charge on any atom is 0.159 e. The number of aromatic nitrogens is 3. The molecule has 0 saturated carbocycles. The number of pyridine rings is 1. The van der Waals surface area contributed by atoms with E-state index in [9.17, 15) is 0 Å². The molecule has 86 valence electrons. The first-order chi connectivity index (χ1) is 7.63. The number of nitrogens with two attached hydrogens (primary N) is 1. The number of hydrogen-bond acceptors (Lipinski definition) is 4. The van der Waals surface area contributed by atoms with Gasteiger partial charge in [-0.05, 0) is 25.0 Å². The lowest BCUT2D eigenvalue weighted by molar-refractivity contribution is 0.276. The van der Waals surface area contributed by atoms with Gasteiger partial charge in [0.15, 0.2) is 5.65 Å². The molecular weight excluding hydrogens is 204 g/mol. The Hall–Kier alpha value is -1.46. The molecule has 2 aromatic heterocycles. The van der Waals surface area contributed by atoms with Crippen molar-refractivity contribution in [2.24, 2.45) is 12.8 Å². The first-order valence-corrected chi connectivity index (χ1v) is 5.29. The van der Waals surface area contributed by atoms with E-state index >= 15 is 0 Å². The SMILES string of the molecule is Cc1nc2cc(C(N)CCO)cnc2n1C. The Balaban J connectivity index is 2.44. The normalized spacial score (nSPS) is 13.2. The van der Waals surface area contributed by atoms with E-state index in [1.165, 1.54) is 0 Å². The number of aryl methyl sites for hydroxylation is 2. The zero-order valence-corrected chi connectivity index (χ0v) is 9.51. The van der Waals surface area contributed by atoms with E-state index in [1.54, 1.807) is 6.20 Å². The molecule has 16 heavy (non-hydrogen) atoms. The number of aliphatic hydroxyl groups is 1. The third-order valence-corrected chi connectivity index (χ3v) is 2.82. The number of hydrogen-bond donors (Lipinski definition) is 2. The monoisotopic (exact) mass is 220 g/mol. The minimum absolute atomic E-state index is 0.0838. The summed E-state index contributed by atoms with van der Waals surface area (Å²) in [7, 11) is 1.94. The van der Waals surface area contributed by atoms with E-state index in [1.807, 2.05) is 24.6 Å². The van der Waals surface area contributed by atoms with E-state index in [0.717, 1.165) is 22.6 Å². The first kappa shape index (κ1) is 11.0. The Kier molecular flexibility index (Phi) is 2.89. The highest BCUT2D eigenvalue weighted by Gasteiger charge is 2.10. The van der Waals surface area contributed by atoms with Crippen molar-refractivity contribution in [1.29, 1.82) is 0 Å². The molecule has 5 heteroatoms. The predicted octanol–water partition coefficient (Wildman–Crippen LogP) is 0.659. The molecule has 0 bridgehead atoms. The smallest absolute Gasteiger partial charge is 0.159 e. The summed E-state index contributed by atoms with van der Waals surface area (Å²) in [6.45, 7) is 2.02. The van der Waals surface area contributed by atoms with Gasteiger partial charge in [-0.3, -0.25) is 0 Å². The maximum absolute atomic E-state index is 8.84. The van der Waals surface area contributed by atoms with Crippen LogP contribution in [-0.2, 0) is 7.05 Å². The standard InChI is InChI=1S/C11H16N4O/c1-7-14-10-5-8(9(12)3-4-16)6-13-11(10)15(7)2/h5-6,9,16H,3-4,12H2,1-2H3. The lowest BCUT2D eigenvalue weighted by Crippen LogP contribution is -2.12. The van der Waals surface area contributed by atoms with Crippen molar-refractivity contribution in [2.45, 2.75) is 19.4 Å². The molecule has 0 aromatic carbocycles. The van der Waals surface area contributed by atoms with E-state index < -0.39 is 0 Å². The van der Waals surface area contributed by atoms with Crippen LogP contribution in [0.3, 0.4) is 0 Å². The molecule has 1 atom stereocenters. The van der Waals surface area contributed by atoms with Crippen LogP contribution in [-0.4, -0.2) is 26.2 Å². The Morgan fingerprint density at radius 1 is 1.56 bits per heavy atom. The van der Waals surface area contributed by atoms with Gasteiger partial charge in [0.05, 0.1) is 0 Å². The van der Waals surface area contributed by atoms with Crippen LogP contribution < -0.4 is 5.73 Å². The van der Waals surface area contributed by atoms with Gasteiger partial charge in [0.25, 0.3) is 0 Å². The third-order valence-electron chi connectivity index (χ3n) is 2.82. The molecule has 0 saturated heterocycles. The lowest BCUT2D eigenvalue weighted by Gasteiger charge is -2.09. The van der Waals surface area contributed by atoms with Crippen LogP contribution in [0.5, 0.6) is 0 Å². The molecule has 0 spiro atoms. The molecule has 3 N–H and O–H groups in total. The minimum Gasteiger partial charge on any atom is -0.396 e. The fraction of sp³-hybridized carbons (Fsp3) is 0.455. The first-order valence-electron chi connectivity index (χ1n) is 5.29. The third kappa shape index (κ3) is 1.79. The lowest BCUT2D eigenvalue weighted by atomic mass is 10.1. The van der Waals surface area contributed by atoms with Crippen LogP contribution in [0.4, 0.5) is 0 Å². The van der Waals surface area contributed by atoms with Gasteiger partial charge in [-0.25, -0.2) is 9.97 Å². The largest absolute Gasteiger partial charge is 0.396 e. The van der Waals surface area contributed by atoms with Gasteiger partial charge in [0.2, 0.25) is 0 Å². The highest BCUT2D eigenvalue weighted by Crippen LogP contribution is 2.18. The van der Waals surface area contributed by atoms with Gasteiger partial charge >= 0.3 is 0 Å². The summed E-state index contributed by atoms with van der Waals surface area (Å²) < 4.78 is 1.94. The van der Waals surface area contributed by atoms with E-state index in [4.69, 9.17) is 10.8 Å². The van der Waals surface area contributed by atoms with Crippen LogP contribution in [0.25, 0.3) is 11.2 Å². The van der Waals surface area contributed by atoms with Gasteiger partial charge in [0.1, 0.15) is 11.3 Å². The van der Waals surface area contributed by atoms with E-state index in [0.29, 0.717) is 6.42 Å². The number of nitrogens with zero attached hydrogens (tertiary/aromatic N) is 3. The van der Waals surface area contributed by atoms with Gasteiger partial charge < -0.3 is 15.4 Å². The Morgan fingerprint density at radius 3 is 3.00 bits per heavy atom. The predicted molar refractivity (Wildman–Crippen MR) is 61.9 cm³/mol. The van der Waals surface area contributed by atoms with E-state index in [-0.39, 0.29) is 12.6 Å². The summed E-state index contributed by atoms with van der Waals surface area (Å²) in [4.78, 5) is 8.74. The summed E-state index contributed by atoms with van der Waals surface area (Å²) >= 11 is 0. The Bertz CT molecular complexity index is 506. The molecule has 2 aromatic rings. The Morgan fingerprint density at radius 2 is 2.31 bits per heavy atom. The fourth-order valence-electron chi connectivity index (χ4n) is 1.71. The van der Waals surface area contributed by atoms with Gasteiger partial charge in [-0.1, -0.05) is 0 Å². The van der Waals surface area contributed by atoms with Gasteiger partial charge in [-0.2, -0.15) is 0 Å². The average Bonchev–Trinajstić information content (AvgIpc) is 2.55. The molecule has 0 amide bonds. The van der Waals surface area contributed by atoms with Crippen molar-refractivity contribution in [1.82, 2.24) is 14.5 Å². The highest BCUT2D eigenvalue weighted by molar-refractivity contribution is 5.72. The number of aliphatic hydroxyl groups excluding tert-OH is 1. The van der Waals surface area contributed by atoms with Crippen LogP contribution in [0.2, 0.25) is 0 Å². The summed E-state index contributed by atoms with van der Waals surface area (Å²) in [5.74, 6) is 0.926. The average molecular weight is 220 g/mol. The molecule has 2 heterocycles. The quantitative estimate of drug-likeness (QED) is 0.796. The van der Waals surface area contributed by atoms with Crippen molar-refractivity contribution >= 4 is 11.2 Å². The zero-order valence-electron chi connectivity index (χ0n) is 9.51. The van der Waals surface area contributed by atoms with Crippen molar-refractivity contribution in [3.05, 3.63) is 23.7 Å². The number of fused-ring (bicyclic) bond motifs is 1. The summed E-state index contributed by atoms with van der Waals surface area (Å²) in [5, 5.41) is 8.84. The zero-order chi connectivity index (χ0) is 11.7. The van der Waals surface area contributed by atoms with Crippen molar-refractivity contribution in [2.75, 3.05) is 6.61 Å². The van der Waals surface area contributed by atoms with Crippen LogP contribution >= 0.6 is 0 Å². The second-order valence-corrected chi connectivity index (χ2v) is 3.95. The van der Waals surface area contributed by atoms with Gasteiger partial charge in [0, 0.05) is 25.9 Å². The second kappa shape index (κ2) is 4.19. The maximum atomic E-state index is 8.84. The van der Waals surface area contributed by atoms with Crippen LogP contribution in [0.1, 0.15) is 23.9 Å². The summed E-state index contributed by atoms with van der Waals surface area (Å²) in [5.41, 5.74) is 8.53. The molecule has 1 unspecified atom stereocenters. The van der Waals surface area contributed by atoms with Gasteiger partial charge in [-0.15, -0.1) is 0 Å². The fourth-order valence-corrected chi connectivity index (χ4v) is 1.71. The summed E-state index contributed by atoms with van der Waals surface area (Å²) in [6.07, 6.45) is 2.29. The molecule has 0 aliphatic carbocycles. The minimum atomic E-state index is -0.177. The highest BCUT2D eigenvalue weighted by atomic mass is 16.3. The van der Waals surface area contributed by atoms with Crippen molar-refractivity contribution in [3.8, 4) is 0 Å². The van der Waals surface area contributed by atoms with Crippen molar-refractivity contribution in [3.63, 3.8) is 0 Å². The summed E-state index contributed by atoms with van der Waals surface area (Å²) in [6, 6.07) is 1.76. The molecule has 0 aliphatic heterocycles. The van der Waals surface area contributed by atoms with Crippen molar-refractivity contribution < 1.29 is 5.11 Å².